The minimum absolute atomic E-state index is 0.274. The van der Waals surface area contributed by atoms with E-state index in [0.717, 1.165) is 18.9 Å². The van der Waals surface area contributed by atoms with Crippen molar-refractivity contribution in [1.29, 1.82) is 0 Å². The summed E-state index contributed by atoms with van der Waals surface area (Å²) in [6.07, 6.45) is 5.86. The number of hydrogen-bond acceptors (Lipinski definition) is 3. The van der Waals surface area contributed by atoms with E-state index in [9.17, 15) is 0 Å². The maximum absolute atomic E-state index is 5.64. The Hall–Kier alpha value is -1.09. The lowest BCUT2D eigenvalue weighted by Gasteiger charge is -2.12. The zero-order valence-electron chi connectivity index (χ0n) is 7.57. The molecular weight excluding hydrogens is 164 g/mol. The average molecular weight is 178 g/mol. The van der Waals surface area contributed by atoms with Crippen LogP contribution in [-0.2, 0) is 0 Å². The molecule has 0 saturated heterocycles. The van der Waals surface area contributed by atoms with Crippen LogP contribution in [0, 0.1) is 5.41 Å². The van der Waals surface area contributed by atoms with Gasteiger partial charge >= 0.3 is 0 Å². The standard InChI is InChI=1S/C10H14N2O/c11-7-10(3-4-10)8-13-9-2-1-5-12-6-9/h1-2,5-6H,3-4,7-8,11H2. The zero-order valence-corrected chi connectivity index (χ0v) is 7.57. The van der Waals surface area contributed by atoms with E-state index in [1.54, 1.807) is 12.4 Å². The Kier molecular flexibility index (Phi) is 2.19. The van der Waals surface area contributed by atoms with E-state index < -0.39 is 0 Å². The molecule has 1 saturated carbocycles. The number of pyridine rings is 1. The number of nitrogens with two attached hydrogens (primary N) is 1. The van der Waals surface area contributed by atoms with Crippen LogP contribution in [0.15, 0.2) is 24.5 Å². The first-order valence-corrected chi connectivity index (χ1v) is 4.58. The van der Waals surface area contributed by atoms with Gasteiger partial charge in [0.15, 0.2) is 0 Å². The van der Waals surface area contributed by atoms with Crippen LogP contribution in [-0.4, -0.2) is 18.1 Å². The second-order valence-electron chi connectivity index (χ2n) is 3.68. The van der Waals surface area contributed by atoms with Gasteiger partial charge in [-0.1, -0.05) is 0 Å². The highest BCUT2D eigenvalue weighted by Gasteiger charge is 2.42. The van der Waals surface area contributed by atoms with Gasteiger partial charge in [-0.3, -0.25) is 4.98 Å². The highest BCUT2D eigenvalue weighted by molar-refractivity contribution is 5.16. The molecule has 0 amide bonds. The average Bonchev–Trinajstić information content (AvgIpc) is 2.97. The molecule has 3 heteroatoms. The topological polar surface area (TPSA) is 48.1 Å². The van der Waals surface area contributed by atoms with Crippen molar-refractivity contribution in [3.05, 3.63) is 24.5 Å². The summed E-state index contributed by atoms with van der Waals surface area (Å²) in [7, 11) is 0. The van der Waals surface area contributed by atoms with Gasteiger partial charge in [0, 0.05) is 18.2 Å². The lowest BCUT2D eigenvalue weighted by Crippen LogP contribution is -2.22. The lowest BCUT2D eigenvalue weighted by molar-refractivity contribution is 0.238. The van der Waals surface area contributed by atoms with Gasteiger partial charge in [-0.05, 0) is 25.0 Å². The van der Waals surface area contributed by atoms with Crippen molar-refractivity contribution in [2.24, 2.45) is 11.1 Å². The van der Waals surface area contributed by atoms with Gasteiger partial charge in [0.05, 0.1) is 12.8 Å². The highest BCUT2D eigenvalue weighted by Crippen LogP contribution is 2.44. The summed E-state index contributed by atoms with van der Waals surface area (Å²) in [6, 6.07) is 3.79. The van der Waals surface area contributed by atoms with Crippen molar-refractivity contribution in [3.8, 4) is 5.75 Å². The molecular formula is C10H14N2O. The molecule has 1 aliphatic carbocycles. The van der Waals surface area contributed by atoms with Crippen molar-refractivity contribution in [2.45, 2.75) is 12.8 Å². The van der Waals surface area contributed by atoms with E-state index in [4.69, 9.17) is 10.5 Å². The Morgan fingerprint density at radius 1 is 1.54 bits per heavy atom. The molecule has 70 valence electrons. The highest BCUT2D eigenvalue weighted by atomic mass is 16.5. The van der Waals surface area contributed by atoms with Gasteiger partial charge in [-0.15, -0.1) is 0 Å². The van der Waals surface area contributed by atoms with E-state index in [1.807, 2.05) is 12.1 Å². The van der Waals surface area contributed by atoms with Crippen molar-refractivity contribution in [1.82, 2.24) is 4.98 Å². The summed E-state index contributed by atoms with van der Waals surface area (Å²) in [5.41, 5.74) is 5.91. The van der Waals surface area contributed by atoms with Crippen LogP contribution >= 0.6 is 0 Å². The fourth-order valence-corrected chi connectivity index (χ4v) is 1.25. The molecule has 1 heterocycles. The molecule has 0 radical (unpaired) electrons. The zero-order chi connectivity index (χ0) is 9.15. The SMILES string of the molecule is NCC1(COc2cccnc2)CC1. The Balaban J connectivity index is 1.86. The van der Waals surface area contributed by atoms with E-state index >= 15 is 0 Å². The van der Waals surface area contributed by atoms with E-state index in [2.05, 4.69) is 4.98 Å². The van der Waals surface area contributed by atoms with Crippen LogP contribution in [0.4, 0.5) is 0 Å². The van der Waals surface area contributed by atoms with E-state index in [1.165, 1.54) is 12.8 Å². The van der Waals surface area contributed by atoms with Gasteiger partial charge in [0.2, 0.25) is 0 Å². The van der Waals surface area contributed by atoms with Crippen LogP contribution in [0.25, 0.3) is 0 Å². The molecule has 0 atom stereocenters. The minimum Gasteiger partial charge on any atom is -0.491 e. The van der Waals surface area contributed by atoms with Crippen LogP contribution < -0.4 is 10.5 Å². The Morgan fingerprint density at radius 2 is 2.38 bits per heavy atom. The van der Waals surface area contributed by atoms with Gasteiger partial charge < -0.3 is 10.5 Å². The summed E-state index contributed by atoms with van der Waals surface area (Å²) < 4.78 is 5.58. The third kappa shape index (κ3) is 1.98. The first kappa shape index (κ1) is 8.51. The van der Waals surface area contributed by atoms with Gasteiger partial charge in [0.1, 0.15) is 5.75 Å². The van der Waals surface area contributed by atoms with Crippen molar-refractivity contribution >= 4 is 0 Å². The predicted octanol–water partition coefficient (Wildman–Crippen LogP) is 1.20. The molecule has 1 aliphatic rings. The van der Waals surface area contributed by atoms with E-state index in [-0.39, 0.29) is 5.41 Å². The molecule has 2 N–H and O–H groups in total. The third-order valence-corrected chi connectivity index (χ3v) is 2.57. The first-order valence-electron chi connectivity index (χ1n) is 4.58. The molecule has 0 aliphatic heterocycles. The second-order valence-corrected chi connectivity index (χ2v) is 3.68. The number of rotatable bonds is 4. The van der Waals surface area contributed by atoms with Gasteiger partial charge in [-0.25, -0.2) is 0 Å². The summed E-state index contributed by atoms with van der Waals surface area (Å²) in [6.45, 7) is 1.46. The number of aromatic nitrogens is 1. The van der Waals surface area contributed by atoms with Crippen molar-refractivity contribution < 1.29 is 4.74 Å². The molecule has 1 aromatic heterocycles. The predicted molar refractivity (Wildman–Crippen MR) is 50.5 cm³/mol. The van der Waals surface area contributed by atoms with Crippen LogP contribution in [0.1, 0.15) is 12.8 Å². The van der Waals surface area contributed by atoms with Crippen LogP contribution in [0.3, 0.4) is 0 Å². The smallest absolute Gasteiger partial charge is 0.137 e. The minimum atomic E-state index is 0.274. The third-order valence-electron chi connectivity index (χ3n) is 2.57. The van der Waals surface area contributed by atoms with E-state index in [0.29, 0.717) is 0 Å². The van der Waals surface area contributed by atoms with Crippen molar-refractivity contribution in [3.63, 3.8) is 0 Å². The second kappa shape index (κ2) is 3.34. The Labute approximate surface area is 77.9 Å². The number of nitrogens with zero attached hydrogens (tertiary/aromatic N) is 1. The van der Waals surface area contributed by atoms with Gasteiger partial charge in [-0.2, -0.15) is 0 Å². The molecule has 3 nitrogen and oxygen atoms in total. The quantitative estimate of drug-likeness (QED) is 0.753. The molecule has 0 bridgehead atoms. The van der Waals surface area contributed by atoms with Crippen LogP contribution in [0.2, 0.25) is 0 Å². The van der Waals surface area contributed by atoms with Crippen LogP contribution in [0.5, 0.6) is 5.75 Å². The molecule has 1 aromatic rings. The maximum Gasteiger partial charge on any atom is 0.137 e. The monoisotopic (exact) mass is 178 g/mol. The molecule has 0 unspecified atom stereocenters. The summed E-state index contributed by atoms with van der Waals surface area (Å²) >= 11 is 0. The molecule has 0 aromatic carbocycles. The number of hydrogen-bond donors (Lipinski definition) is 1. The lowest BCUT2D eigenvalue weighted by atomic mass is 10.1. The molecule has 1 fully saturated rings. The first-order chi connectivity index (χ1) is 6.35. The Bertz CT molecular complexity index is 270. The molecule has 13 heavy (non-hydrogen) atoms. The largest absolute Gasteiger partial charge is 0.491 e. The normalized spacial score (nSPS) is 18.2. The maximum atomic E-state index is 5.64. The fourth-order valence-electron chi connectivity index (χ4n) is 1.25. The summed E-state index contributed by atoms with van der Waals surface area (Å²) in [4.78, 5) is 3.98. The summed E-state index contributed by atoms with van der Waals surface area (Å²) in [5, 5.41) is 0. The van der Waals surface area contributed by atoms with Crippen molar-refractivity contribution in [2.75, 3.05) is 13.2 Å². The molecule has 2 rings (SSSR count). The van der Waals surface area contributed by atoms with Gasteiger partial charge in [0.25, 0.3) is 0 Å². The summed E-state index contributed by atoms with van der Waals surface area (Å²) in [5.74, 6) is 0.835. The number of ether oxygens (including phenoxy) is 1. The molecule has 0 spiro atoms. The fraction of sp³-hybridized carbons (Fsp3) is 0.500. The Morgan fingerprint density at radius 3 is 2.92 bits per heavy atom.